The van der Waals surface area contributed by atoms with Gasteiger partial charge >= 0.3 is 0 Å². The van der Waals surface area contributed by atoms with Crippen LogP contribution in [0.2, 0.25) is 0 Å². The van der Waals surface area contributed by atoms with Crippen molar-refractivity contribution in [3.05, 3.63) is 0 Å². The zero-order valence-corrected chi connectivity index (χ0v) is 8.25. The summed E-state index contributed by atoms with van der Waals surface area (Å²) in [5.41, 5.74) is 0. The molecule has 0 radical (unpaired) electrons. The first-order valence-corrected chi connectivity index (χ1v) is 5.02. The zero-order chi connectivity index (χ0) is 9.52. The molecule has 0 bridgehead atoms. The summed E-state index contributed by atoms with van der Waals surface area (Å²) in [6.07, 6.45) is 2.36. The van der Waals surface area contributed by atoms with Crippen molar-refractivity contribution in [2.24, 2.45) is 5.92 Å². The van der Waals surface area contributed by atoms with E-state index in [2.05, 4.69) is 0 Å². The standard InChI is InChI=1S/C10H18O3/c1-2-12-8-5-10(11)9-3-6-13-7-4-9/h9H,2-8H2,1H3. The Kier molecular flexibility index (Phi) is 5.01. The van der Waals surface area contributed by atoms with Crippen molar-refractivity contribution in [2.75, 3.05) is 26.4 Å². The van der Waals surface area contributed by atoms with Crippen molar-refractivity contribution in [1.82, 2.24) is 0 Å². The molecule has 0 aromatic heterocycles. The molecule has 3 heteroatoms. The molecule has 0 spiro atoms. The minimum Gasteiger partial charge on any atom is -0.381 e. The molecular weight excluding hydrogens is 168 g/mol. The first kappa shape index (κ1) is 10.7. The fourth-order valence-corrected chi connectivity index (χ4v) is 1.54. The van der Waals surface area contributed by atoms with Gasteiger partial charge < -0.3 is 9.47 Å². The van der Waals surface area contributed by atoms with E-state index in [4.69, 9.17) is 9.47 Å². The Bertz CT molecular complexity index is 150. The second-order valence-electron chi connectivity index (χ2n) is 3.30. The molecule has 3 nitrogen and oxygen atoms in total. The van der Waals surface area contributed by atoms with Crippen LogP contribution in [0, 0.1) is 5.92 Å². The van der Waals surface area contributed by atoms with E-state index < -0.39 is 0 Å². The molecule has 1 aliphatic heterocycles. The molecule has 0 N–H and O–H groups in total. The Morgan fingerprint density at radius 3 is 2.77 bits per heavy atom. The summed E-state index contributed by atoms with van der Waals surface area (Å²) in [6.45, 7) is 4.70. The topological polar surface area (TPSA) is 35.5 Å². The van der Waals surface area contributed by atoms with Gasteiger partial charge in [0.1, 0.15) is 5.78 Å². The second kappa shape index (κ2) is 6.11. The van der Waals surface area contributed by atoms with E-state index in [1.54, 1.807) is 0 Å². The monoisotopic (exact) mass is 186 g/mol. The van der Waals surface area contributed by atoms with Gasteiger partial charge in [0.25, 0.3) is 0 Å². The van der Waals surface area contributed by atoms with Gasteiger partial charge in [0.15, 0.2) is 0 Å². The zero-order valence-electron chi connectivity index (χ0n) is 8.25. The minimum atomic E-state index is 0.231. The summed E-state index contributed by atoms with van der Waals surface area (Å²) in [5, 5.41) is 0. The van der Waals surface area contributed by atoms with Crippen LogP contribution in [-0.2, 0) is 14.3 Å². The minimum absolute atomic E-state index is 0.231. The van der Waals surface area contributed by atoms with E-state index in [0.29, 0.717) is 25.4 Å². The Morgan fingerprint density at radius 1 is 1.46 bits per heavy atom. The van der Waals surface area contributed by atoms with Crippen LogP contribution in [0.5, 0.6) is 0 Å². The lowest BCUT2D eigenvalue weighted by atomic mass is 9.94. The Labute approximate surface area is 79.4 Å². The SMILES string of the molecule is CCOCCC(=O)C1CCOCC1. The maximum absolute atomic E-state index is 11.5. The number of ether oxygens (including phenoxy) is 2. The summed E-state index contributed by atoms with van der Waals surface area (Å²) in [6, 6.07) is 0. The van der Waals surface area contributed by atoms with Crippen LogP contribution in [0.4, 0.5) is 0 Å². The van der Waals surface area contributed by atoms with Gasteiger partial charge in [-0.05, 0) is 19.8 Å². The predicted octanol–water partition coefficient (Wildman–Crippen LogP) is 1.41. The lowest BCUT2D eigenvalue weighted by Gasteiger charge is -2.20. The van der Waals surface area contributed by atoms with E-state index in [0.717, 1.165) is 26.1 Å². The molecule has 1 fully saturated rings. The van der Waals surface area contributed by atoms with Gasteiger partial charge in [-0.25, -0.2) is 0 Å². The number of ketones is 1. The van der Waals surface area contributed by atoms with E-state index in [-0.39, 0.29) is 5.92 Å². The highest BCUT2D eigenvalue weighted by atomic mass is 16.5. The van der Waals surface area contributed by atoms with Gasteiger partial charge in [0.2, 0.25) is 0 Å². The predicted molar refractivity (Wildman–Crippen MR) is 49.7 cm³/mol. The Balaban J connectivity index is 2.13. The van der Waals surface area contributed by atoms with E-state index in [1.165, 1.54) is 0 Å². The number of hydrogen-bond donors (Lipinski definition) is 0. The highest BCUT2D eigenvalue weighted by Crippen LogP contribution is 2.16. The van der Waals surface area contributed by atoms with Crippen LogP contribution >= 0.6 is 0 Å². The molecule has 76 valence electrons. The Morgan fingerprint density at radius 2 is 2.15 bits per heavy atom. The molecule has 1 heterocycles. The summed E-state index contributed by atoms with van der Waals surface area (Å²) in [7, 11) is 0. The van der Waals surface area contributed by atoms with Crippen LogP contribution in [-0.4, -0.2) is 32.2 Å². The third-order valence-electron chi connectivity index (χ3n) is 2.37. The molecule has 0 aromatic carbocycles. The fraction of sp³-hybridized carbons (Fsp3) is 0.900. The molecule has 0 unspecified atom stereocenters. The van der Waals surface area contributed by atoms with Gasteiger partial charge in [-0.2, -0.15) is 0 Å². The van der Waals surface area contributed by atoms with Crippen LogP contribution in [0.25, 0.3) is 0 Å². The Hall–Kier alpha value is -0.410. The van der Waals surface area contributed by atoms with Crippen LogP contribution in [0.15, 0.2) is 0 Å². The molecule has 0 aromatic rings. The number of hydrogen-bond acceptors (Lipinski definition) is 3. The lowest BCUT2D eigenvalue weighted by Crippen LogP contribution is -2.24. The largest absolute Gasteiger partial charge is 0.381 e. The first-order chi connectivity index (χ1) is 6.34. The second-order valence-corrected chi connectivity index (χ2v) is 3.30. The molecular formula is C10H18O3. The van der Waals surface area contributed by atoms with E-state index in [9.17, 15) is 4.79 Å². The highest BCUT2D eigenvalue weighted by Gasteiger charge is 2.20. The fourth-order valence-electron chi connectivity index (χ4n) is 1.54. The number of carbonyl (C=O) groups excluding carboxylic acids is 1. The highest BCUT2D eigenvalue weighted by molar-refractivity contribution is 5.81. The molecule has 1 saturated heterocycles. The normalized spacial score (nSPS) is 18.8. The lowest BCUT2D eigenvalue weighted by molar-refractivity contribution is -0.126. The summed E-state index contributed by atoms with van der Waals surface area (Å²) in [4.78, 5) is 11.5. The summed E-state index contributed by atoms with van der Waals surface area (Å²) in [5.74, 6) is 0.575. The van der Waals surface area contributed by atoms with Crippen molar-refractivity contribution < 1.29 is 14.3 Å². The quantitative estimate of drug-likeness (QED) is 0.609. The van der Waals surface area contributed by atoms with Crippen molar-refractivity contribution in [3.63, 3.8) is 0 Å². The van der Waals surface area contributed by atoms with Crippen molar-refractivity contribution in [3.8, 4) is 0 Å². The third kappa shape index (κ3) is 3.87. The molecule has 0 aliphatic carbocycles. The van der Waals surface area contributed by atoms with Crippen molar-refractivity contribution in [2.45, 2.75) is 26.2 Å². The summed E-state index contributed by atoms with van der Waals surface area (Å²) < 4.78 is 10.3. The van der Waals surface area contributed by atoms with Crippen LogP contribution in [0.1, 0.15) is 26.2 Å². The first-order valence-electron chi connectivity index (χ1n) is 5.02. The van der Waals surface area contributed by atoms with Gasteiger partial charge in [0.05, 0.1) is 6.61 Å². The van der Waals surface area contributed by atoms with Crippen molar-refractivity contribution >= 4 is 5.78 Å². The molecule has 13 heavy (non-hydrogen) atoms. The maximum Gasteiger partial charge on any atom is 0.138 e. The molecule has 1 aliphatic rings. The number of carbonyl (C=O) groups is 1. The van der Waals surface area contributed by atoms with Gasteiger partial charge in [0, 0.05) is 32.2 Å². The van der Waals surface area contributed by atoms with Crippen molar-refractivity contribution in [1.29, 1.82) is 0 Å². The van der Waals surface area contributed by atoms with Crippen LogP contribution < -0.4 is 0 Å². The molecule has 0 atom stereocenters. The number of Topliss-reactive ketones (excluding diaryl/α,β-unsaturated/α-hetero) is 1. The van der Waals surface area contributed by atoms with E-state index >= 15 is 0 Å². The smallest absolute Gasteiger partial charge is 0.138 e. The molecule has 0 saturated carbocycles. The maximum atomic E-state index is 11.5. The number of rotatable bonds is 5. The van der Waals surface area contributed by atoms with E-state index in [1.807, 2.05) is 6.92 Å². The third-order valence-corrected chi connectivity index (χ3v) is 2.37. The molecule has 0 amide bonds. The molecule has 1 rings (SSSR count). The van der Waals surface area contributed by atoms with Gasteiger partial charge in [-0.1, -0.05) is 0 Å². The average molecular weight is 186 g/mol. The van der Waals surface area contributed by atoms with Gasteiger partial charge in [-0.15, -0.1) is 0 Å². The summed E-state index contributed by atoms with van der Waals surface area (Å²) >= 11 is 0. The van der Waals surface area contributed by atoms with Crippen LogP contribution in [0.3, 0.4) is 0 Å². The van der Waals surface area contributed by atoms with Gasteiger partial charge in [-0.3, -0.25) is 4.79 Å². The average Bonchev–Trinajstić information content (AvgIpc) is 2.19.